The Bertz CT molecular complexity index is 312. The summed E-state index contributed by atoms with van der Waals surface area (Å²) in [5.74, 6) is 0.555. The van der Waals surface area contributed by atoms with Crippen LogP contribution in [0.15, 0.2) is 0 Å². The van der Waals surface area contributed by atoms with Crippen molar-refractivity contribution in [3.8, 4) is 0 Å². The van der Waals surface area contributed by atoms with Crippen molar-refractivity contribution in [3.63, 3.8) is 0 Å². The van der Waals surface area contributed by atoms with Gasteiger partial charge in [-0.1, -0.05) is 13.3 Å². The van der Waals surface area contributed by atoms with E-state index in [1.165, 1.54) is 6.42 Å². The predicted octanol–water partition coefficient (Wildman–Crippen LogP) is 2.76. The van der Waals surface area contributed by atoms with Gasteiger partial charge in [0.15, 0.2) is 0 Å². The lowest BCUT2D eigenvalue weighted by Crippen LogP contribution is -2.38. The second-order valence-corrected chi connectivity index (χ2v) is 6.32. The van der Waals surface area contributed by atoms with Gasteiger partial charge in [0.1, 0.15) is 5.60 Å². The number of esters is 1. The number of hydrogen-bond donors (Lipinski definition) is 0. The van der Waals surface area contributed by atoms with Crippen molar-refractivity contribution in [2.45, 2.75) is 65.4 Å². The molecule has 0 spiro atoms. The molecule has 1 aliphatic rings. The number of rotatable bonds is 4. The van der Waals surface area contributed by atoms with Crippen LogP contribution in [0, 0.1) is 5.92 Å². The molecule has 1 saturated heterocycles. The minimum atomic E-state index is -0.473. The van der Waals surface area contributed by atoms with E-state index in [1.807, 2.05) is 25.7 Å². The molecule has 1 heterocycles. The fourth-order valence-electron chi connectivity index (χ4n) is 2.35. The number of amides is 1. The standard InChI is InChI=1S/C15H27NO3/c1-5-12-8-10-16(11-9-12)13(17)6-7-14(18)19-15(2,3)4/h12H,5-11H2,1-4H3. The third kappa shape index (κ3) is 6.08. The van der Waals surface area contributed by atoms with Crippen LogP contribution in [0.4, 0.5) is 0 Å². The number of ether oxygens (including phenoxy) is 1. The fraction of sp³-hybridized carbons (Fsp3) is 0.867. The van der Waals surface area contributed by atoms with E-state index in [2.05, 4.69) is 6.92 Å². The molecule has 0 unspecified atom stereocenters. The van der Waals surface area contributed by atoms with Gasteiger partial charge in [-0.15, -0.1) is 0 Å². The lowest BCUT2D eigenvalue weighted by atomic mass is 9.94. The number of nitrogens with zero attached hydrogens (tertiary/aromatic N) is 1. The molecule has 1 rings (SSSR count). The quantitative estimate of drug-likeness (QED) is 0.737. The lowest BCUT2D eigenvalue weighted by molar-refractivity contribution is -0.156. The third-order valence-corrected chi connectivity index (χ3v) is 3.51. The van der Waals surface area contributed by atoms with Gasteiger partial charge < -0.3 is 9.64 Å². The highest BCUT2D eigenvalue weighted by atomic mass is 16.6. The zero-order valence-electron chi connectivity index (χ0n) is 12.7. The number of hydrogen-bond acceptors (Lipinski definition) is 3. The van der Waals surface area contributed by atoms with E-state index in [1.54, 1.807) is 0 Å². The highest BCUT2D eigenvalue weighted by Gasteiger charge is 2.23. The molecule has 0 saturated carbocycles. The van der Waals surface area contributed by atoms with Crippen LogP contribution in [-0.4, -0.2) is 35.5 Å². The summed E-state index contributed by atoms with van der Waals surface area (Å²) < 4.78 is 5.20. The Morgan fingerprint density at radius 2 is 1.74 bits per heavy atom. The average Bonchev–Trinajstić information content (AvgIpc) is 2.34. The minimum absolute atomic E-state index is 0.0837. The molecule has 0 aromatic rings. The van der Waals surface area contributed by atoms with Gasteiger partial charge in [-0.25, -0.2) is 0 Å². The van der Waals surface area contributed by atoms with Gasteiger partial charge in [0.05, 0.1) is 6.42 Å². The van der Waals surface area contributed by atoms with Crippen molar-refractivity contribution in [3.05, 3.63) is 0 Å². The molecule has 0 atom stereocenters. The monoisotopic (exact) mass is 269 g/mol. The summed E-state index contributed by atoms with van der Waals surface area (Å²) in [5, 5.41) is 0. The molecule has 0 aliphatic carbocycles. The van der Waals surface area contributed by atoms with Crippen LogP contribution in [0.25, 0.3) is 0 Å². The number of piperidine rings is 1. The Kier molecular flexibility index (Phi) is 5.83. The van der Waals surface area contributed by atoms with E-state index in [9.17, 15) is 9.59 Å². The van der Waals surface area contributed by atoms with E-state index < -0.39 is 5.60 Å². The van der Waals surface area contributed by atoms with E-state index >= 15 is 0 Å². The highest BCUT2D eigenvalue weighted by molar-refractivity contribution is 5.81. The van der Waals surface area contributed by atoms with Crippen molar-refractivity contribution in [2.24, 2.45) is 5.92 Å². The second kappa shape index (κ2) is 6.92. The molecule has 1 fully saturated rings. The minimum Gasteiger partial charge on any atom is -0.460 e. The van der Waals surface area contributed by atoms with Crippen LogP contribution < -0.4 is 0 Å². The van der Waals surface area contributed by atoms with Gasteiger partial charge in [0, 0.05) is 19.5 Å². The summed E-state index contributed by atoms with van der Waals surface area (Å²) in [4.78, 5) is 25.4. The smallest absolute Gasteiger partial charge is 0.306 e. The molecular formula is C15H27NO3. The maximum absolute atomic E-state index is 12.0. The Morgan fingerprint density at radius 1 is 1.16 bits per heavy atom. The van der Waals surface area contributed by atoms with Crippen LogP contribution in [0.5, 0.6) is 0 Å². The van der Waals surface area contributed by atoms with Crippen LogP contribution in [0.1, 0.15) is 59.8 Å². The topological polar surface area (TPSA) is 46.6 Å². The van der Waals surface area contributed by atoms with Crippen molar-refractivity contribution < 1.29 is 14.3 Å². The van der Waals surface area contributed by atoms with Gasteiger partial charge in [0.25, 0.3) is 0 Å². The van der Waals surface area contributed by atoms with Gasteiger partial charge in [-0.05, 0) is 39.5 Å². The maximum Gasteiger partial charge on any atom is 0.306 e. The first-order valence-electron chi connectivity index (χ1n) is 7.31. The predicted molar refractivity (Wildman–Crippen MR) is 74.7 cm³/mol. The SMILES string of the molecule is CCC1CCN(C(=O)CCC(=O)OC(C)(C)C)CC1. The molecule has 0 aromatic carbocycles. The largest absolute Gasteiger partial charge is 0.460 e. The van der Waals surface area contributed by atoms with Crippen molar-refractivity contribution in [1.29, 1.82) is 0 Å². The summed E-state index contributed by atoms with van der Waals surface area (Å²) in [6.07, 6.45) is 3.83. The summed E-state index contributed by atoms with van der Waals surface area (Å²) in [7, 11) is 0. The summed E-state index contributed by atoms with van der Waals surface area (Å²) in [6.45, 7) is 9.38. The Labute approximate surface area is 116 Å². The first-order chi connectivity index (χ1) is 8.81. The van der Waals surface area contributed by atoms with Crippen LogP contribution in [0.3, 0.4) is 0 Å². The Morgan fingerprint density at radius 3 is 2.21 bits per heavy atom. The maximum atomic E-state index is 12.0. The Balaban J connectivity index is 2.27. The molecule has 0 radical (unpaired) electrons. The first-order valence-corrected chi connectivity index (χ1v) is 7.31. The van der Waals surface area contributed by atoms with E-state index in [0.29, 0.717) is 0 Å². The number of carbonyl (C=O) groups excluding carboxylic acids is 2. The van der Waals surface area contributed by atoms with Crippen molar-refractivity contribution in [2.75, 3.05) is 13.1 Å². The lowest BCUT2D eigenvalue weighted by Gasteiger charge is -2.31. The molecule has 0 aromatic heterocycles. The third-order valence-electron chi connectivity index (χ3n) is 3.51. The van der Waals surface area contributed by atoms with E-state index in [0.717, 1.165) is 31.8 Å². The first kappa shape index (κ1) is 16.0. The number of carbonyl (C=O) groups is 2. The molecule has 1 amide bonds. The Hall–Kier alpha value is -1.06. The van der Waals surface area contributed by atoms with Gasteiger partial charge >= 0.3 is 5.97 Å². The van der Waals surface area contributed by atoms with E-state index in [4.69, 9.17) is 4.74 Å². The summed E-state index contributed by atoms with van der Waals surface area (Å²) in [5.41, 5.74) is -0.473. The highest BCUT2D eigenvalue weighted by Crippen LogP contribution is 2.20. The molecule has 0 N–H and O–H groups in total. The fourth-order valence-corrected chi connectivity index (χ4v) is 2.35. The van der Waals surface area contributed by atoms with Gasteiger partial charge in [0.2, 0.25) is 5.91 Å². The molecule has 4 nitrogen and oxygen atoms in total. The number of likely N-dealkylation sites (tertiary alicyclic amines) is 1. The summed E-state index contributed by atoms with van der Waals surface area (Å²) >= 11 is 0. The van der Waals surface area contributed by atoms with Crippen molar-refractivity contribution in [1.82, 2.24) is 4.90 Å². The molecule has 19 heavy (non-hydrogen) atoms. The van der Waals surface area contributed by atoms with Gasteiger partial charge in [-0.3, -0.25) is 9.59 Å². The molecule has 4 heteroatoms. The van der Waals surface area contributed by atoms with E-state index in [-0.39, 0.29) is 24.7 Å². The summed E-state index contributed by atoms with van der Waals surface area (Å²) in [6, 6.07) is 0. The zero-order chi connectivity index (χ0) is 14.5. The zero-order valence-corrected chi connectivity index (χ0v) is 12.7. The van der Waals surface area contributed by atoms with Crippen LogP contribution in [0.2, 0.25) is 0 Å². The molecule has 0 bridgehead atoms. The molecule has 110 valence electrons. The van der Waals surface area contributed by atoms with Crippen LogP contribution in [-0.2, 0) is 14.3 Å². The average molecular weight is 269 g/mol. The molecular weight excluding hydrogens is 242 g/mol. The second-order valence-electron chi connectivity index (χ2n) is 6.32. The molecule has 1 aliphatic heterocycles. The normalized spacial score (nSPS) is 17.4. The van der Waals surface area contributed by atoms with Gasteiger partial charge in [-0.2, -0.15) is 0 Å². The van der Waals surface area contributed by atoms with Crippen LogP contribution >= 0.6 is 0 Å². The van der Waals surface area contributed by atoms with Crippen molar-refractivity contribution >= 4 is 11.9 Å².